The Balaban J connectivity index is 0.000000354. The summed E-state index contributed by atoms with van der Waals surface area (Å²) in [5.41, 5.74) is 7.32. The van der Waals surface area contributed by atoms with E-state index in [1.54, 1.807) is 0 Å². The molecule has 0 saturated carbocycles. The highest BCUT2D eigenvalue weighted by Gasteiger charge is 1.82. The zero-order valence-electron chi connectivity index (χ0n) is 7.88. The SMILES string of the molecule is C=Cc1ccc(C)cc1.CCN. The van der Waals surface area contributed by atoms with Crippen LogP contribution in [-0.2, 0) is 0 Å². The normalized spacial score (nSPS) is 8.25. The Morgan fingerprint density at radius 1 is 1.33 bits per heavy atom. The van der Waals surface area contributed by atoms with E-state index >= 15 is 0 Å². The van der Waals surface area contributed by atoms with E-state index in [1.807, 2.05) is 13.0 Å². The first kappa shape index (κ1) is 10.9. The quantitative estimate of drug-likeness (QED) is 0.676. The van der Waals surface area contributed by atoms with Gasteiger partial charge in [-0.15, -0.1) is 0 Å². The summed E-state index contributed by atoms with van der Waals surface area (Å²) in [4.78, 5) is 0. The summed E-state index contributed by atoms with van der Waals surface area (Å²) < 4.78 is 0. The smallest absolute Gasteiger partial charge is 0.0106 e. The van der Waals surface area contributed by atoms with Crippen LogP contribution in [-0.4, -0.2) is 6.54 Å². The molecular weight excluding hydrogens is 146 g/mol. The average molecular weight is 163 g/mol. The van der Waals surface area contributed by atoms with Crippen LogP contribution in [0.5, 0.6) is 0 Å². The number of aryl methyl sites for hydroxylation is 1. The molecule has 1 rings (SSSR count). The highest BCUT2D eigenvalue weighted by molar-refractivity contribution is 5.46. The Morgan fingerprint density at radius 2 is 1.75 bits per heavy atom. The summed E-state index contributed by atoms with van der Waals surface area (Å²) in [5, 5.41) is 0. The monoisotopic (exact) mass is 163 g/mol. The molecule has 1 heteroatoms. The largest absolute Gasteiger partial charge is 0.331 e. The lowest BCUT2D eigenvalue weighted by atomic mass is 10.2. The van der Waals surface area contributed by atoms with Crippen LogP contribution in [0.2, 0.25) is 0 Å². The Labute approximate surface area is 74.9 Å². The third-order valence-electron chi connectivity index (χ3n) is 1.31. The molecular formula is C11H17N. The van der Waals surface area contributed by atoms with Gasteiger partial charge in [0.25, 0.3) is 0 Å². The molecule has 0 aliphatic rings. The van der Waals surface area contributed by atoms with Crippen molar-refractivity contribution in [3.8, 4) is 0 Å². The van der Waals surface area contributed by atoms with Gasteiger partial charge < -0.3 is 5.73 Å². The van der Waals surface area contributed by atoms with E-state index in [9.17, 15) is 0 Å². The lowest BCUT2D eigenvalue weighted by Crippen LogP contribution is -1.87. The van der Waals surface area contributed by atoms with Crippen molar-refractivity contribution in [2.24, 2.45) is 5.73 Å². The van der Waals surface area contributed by atoms with Gasteiger partial charge in [0.05, 0.1) is 0 Å². The van der Waals surface area contributed by atoms with Crippen molar-refractivity contribution in [3.63, 3.8) is 0 Å². The van der Waals surface area contributed by atoms with Crippen molar-refractivity contribution in [2.75, 3.05) is 6.54 Å². The van der Waals surface area contributed by atoms with E-state index in [-0.39, 0.29) is 0 Å². The van der Waals surface area contributed by atoms with Crippen LogP contribution in [0.4, 0.5) is 0 Å². The van der Waals surface area contributed by atoms with Gasteiger partial charge in [-0.3, -0.25) is 0 Å². The highest BCUT2D eigenvalue weighted by atomic mass is 14.5. The predicted octanol–water partition coefficient (Wildman–Crippen LogP) is 2.60. The lowest BCUT2D eigenvalue weighted by molar-refractivity contribution is 1.14. The van der Waals surface area contributed by atoms with Crippen molar-refractivity contribution in [3.05, 3.63) is 42.0 Å². The van der Waals surface area contributed by atoms with Gasteiger partial charge in [0.2, 0.25) is 0 Å². The zero-order chi connectivity index (χ0) is 9.40. The molecule has 0 saturated heterocycles. The maximum atomic E-state index is 4.85. The maximum absolute atomic E-state index is 4.85. The van der Waals surface area contributed by atoms with E-state index < -0.39 is 0 Å². The summed E-state index contributed by atoms with van der Waals surface area (Å²) in [7, 11) is 0. The van der Waals surface area contributed by atoms with Gasteiger partial charge in [0.15, 0.2) is 0 Å². The van der Waals surface area contributed by atoms with Crippen LogP contribution in [0.1, 0.15) is 18.1 Å². The molecule has 0 radical (unpaired) electrons. The fourth-order valence-corrected chi connectivity index (χ4v) is 0.703. The fourth-order valence-electron chi connectivity index (χ4n) is 0.703. The van der Waals surface area contributed by atoms with Crippen LogP contribution in [0.25, 0.3) is 6.08 Å². The van der Waals surface area contributed by atoms with E-state index in [0.29, 0.717) is 0 Å². The topological polar surface area (TPSA) is 26.0 Å². The second-order valence-electron chi connectivity index (χ2n) is 2.52. The highest BCUT2D eigenvalue weighted by Crippen LogP contribution is 2.02. The van der Waals surface area contributed by atoms with E-state index in [1.165, 1.54) is 11.1 Å². The minimum Gasteiger partial charge on any atom is -0.331 e. The maximum Gasteiger partial charge on any atom is -0.0106 e. The van der Waals surface area contributed by atoms with E-state index in [0.717, 1.165) is 6.54 Å². The summed E-state index contributed by atoms with van der Waals surface area (Å²) in [5.74, 6) is 0. The molecule has 66 valence electrons. The standard InChI is InChI=1S/C9H10.C2H7N/c1-3-9-6-4-8(2)5-7-9;1-2-3/h3-7H,1H2,2H3;2-3H2,1H3. The van der Waals surface area contributed by atoms with Gasteiger partial charge in [0, 0.05) is 0 Å². The van der Waals surface area contributed by atoms with Gasteiger partial charge in [-0.05, 0) is 19.0 Å². The molecule has 1 nitrogen and oxygen atoms in total. The first-order valence-electron chi connectivity index (χ1n) is 4.13. The molecule has 0 heterocycles. The Kier molecular flexibility index (Phi) is 6.02. The van der Waals surface area contributed by atoms with E-state index in [2.05, 4.69) is 37.8 Å². The van der Waals surface area contributed by atoms with Crippen LogP contribution in [0, 0.1) is 6.92 Å². The Bertz CT molecular complexity index is 211. The summed E-state index contributed by atoms with van der Waals surface area (Å²) >= 11 is 0. The zero-order valence-corrected chi connectivity index (χ0v) is 7.88. The Morgan fingerprint density at radius 3 is 2.08 bits per heavy atom. The third-order valence-corrected chi connectivity index (χ3v) is 1.31. The van der Waals surface area contributed by atoms with Crippen molar-refractivity contribution >= 4 is 6.08 Å². The molecule has 0 aromatic heterocycles. The summed E-state index contributed by atoms with van der Waals surface area (Å²) in [6, 6.07) is 8.28. The number of nitrogens with two attached hydrogens (primary N) is 1. The van der Waals surface area contributed by atoms with Gasteiger partial charge in [-0.2, -0.15) is 0 Å². The molecule has 0 atom stereocenters. The first-order chi connectivity index (χ1) is 5.74. The third kappa shape index (κ3) is 4.69. The lowest BCUT2D eigenvalue weighted by Gasteiger charge is -1.91. The average Bonchev–Trinajstić information content (AvgIpc) is 2.07. The molecule has 0 spiro atoms. The number of hydrogen-bond donors (Lipinski definition) is 1. The molecule has 2 N–H and O–H groups in total. The minimum absolute atomic E-state index is 0.750. The number of rotatable bonds is 1. The molecule has 0 fully saturated rings. The van der Waals surface area contributed by atoms with Crippen molar-refractivity contribution < 1.29 is 0 Å². The molecule has 1 aromatic rings. The van der Waals surface area contributed by atoms with Crippen LogP contribution < -0.4 is 5.73 Å². The molecule has 0 bridgehead atoms. The predicted molar refractivity (Wildman–Crippen MR) is 56.0 cm³/mol. The van der Waals surface area contributed by atoms with Crippen molar-refractivity contribution in [1.82, 2.24) is 0 Å². The fraction of sp³-hybridized carbons (Fsp3) is 0.273. The number of hydrogen-bond acceptors (Lipinski definition) is 1. The molecule has 1 aromatic carbocycles. The summed E-state index contributed by atoms with van der Waals surface area (Å²) in [6.45, 7) is 8.39. The Hall–Kier alpha value is -1.08. The van der Waals surface area contributed by atoms with Gasteiger partial charge in [-0.25, -0.2) is 0 Å². The second-order valence-corrected chi connectivity index (χ2v) is 2.52. The van der Waals surface area contributed by atoms with Gasteiger partial charge in [0.1, 0.15) is 0 Å². The number of benzene rings is 1. The summed E-state index contributed by atoms with van der Waals surface area (Å²) in [6.07, 6.45) is 1.85. The molecule has 12 heavy (non-hydrogen) atoms. The van der Waals surface area contributed by atoms with Crippen LogP contribution in [0.3, 0.4) is 0 Å². The minimum atomic E-state index is 0.750. The van der Waals surface area contributed by atoms with Gasteiger partial charge in [-0.1, -0.05) is 49.4 Å². The van der Waals surface area contributed by atoms with E-state index in [4.69, 9.17) is 5.73 Å². The second kappa shape index (κ2) is 6.62. The molecule has 0 aliphatic carbocycles. The van der Waals surface area contributed by atoms with Gasteiger partial charge >= 0.3 is 0 Å². The van der Waals surface area contributed by atoms with Crippen LogP contribution in [0.15, 0.2) is 30.8 Å². The van der Waals surface area contributed by atoms with Crippen molar-refractivity contribution in [1.29, 1.82) is 0 Å². The van der Waals surface area contributed by atoms with Crippen LogP contribution >= 0.6 is 0 Å². The first-order valence-corrected chi connectivity index (χ1v) is 4.13. The molecule has 0 aliphatic heterocycles. The molecule has 0 amide bonds. The molecule has 0 unspecified atom stereocenters. The van der Waals surface area contributed by atoms with Crippen molar-refractivity contribution in [2.45, 2.75) is 13.8 Å².